The number of hydrogen-bond donors (Lipinski definition) is 3. The van der Waals surface area contributed by atoms with Crippen LogP contribution in [0.5, 0.6) is 0 Å². The highest BCUT2D eigenvalue weighted by molar-refractivity contribution is 7.31. The smallest absolute Gasteiger partial charge is 0.407 e. The van der Waals surface area contributed by atoms with Gasteiger partial charge in [0.1, 0.15) is 12.6 Å². The molecule has 3 aromatic heterocycles. The first-order valence-electron chi connectivity index (χ1n) is 20.1. The van der Waals surface area contributed by atoms with Crippen LogP contribution in [-0.2, 0) is 25.5 Å². The summed E-state index contributed by atoms with van der Waals surface area (Å²) in [6.45, 7) is 10.4. The lowest BCUT2D eigenvalue weighted by molar-refractivity contribution is -0.134. The third-order valence-electron chi connectivity index (χ3n) is 10.4. The molecular weight excluding hydrogens is 797 g/mol. The van der Waals surface area contributed by atoms with Crippen molar-refractivity contribution >= 4 is 78.4 Å². The largest absolute Gasteiger partial charge is 0.453 e. The summed E-state index contributed by atoms with van der Waals surface area (Å²) in [5.41, 5.74) is 6.82. The molecule has 0 saturated carbocycles. The minimum atomic E-state index is -0.626. The van der Waals surface area contributed by atoms with E-state index in [1.54, 1.807) is 4.90 Å². The molecule has 14 heteroatoms. The highest BCUT2D eigenvalue weighted by atomic mass is 32.1. The van der Waals surface area contributed by atoms with Crippen LogP contribution < -0.4 is 10.6 Å². The maximum atomic E-state index is 13.5. The van der Waals surface area contributed by atoms with E-state index in [4.69, 9.17) is 9.73 Å². The first kappa shape index (κ1) is 47.5. The Labute approximate surface area is 362 Å². The van der Waals surface area contributed by atoms with E-state index in [-0.39, 0.29) is 45.2 Å². The highest BCUT2D eigenvalue weighted by Gasteiger charge is 2.39. The second-order valence-electron chi connectivity index (χ2n) is 15.0. The molecule has 4 amide bonds. The number of aromatic nitrogens is 1. The van der Waals surface area contributed by atoms with Crippen molar-refractivity contribution < 1.29 is 28.7 Å². The van der Waals surface area contributed by atoms with Crippen molar-refractivity contribution in [3.63, 3.8) is 0 Å². The fourth-order valence-corrected chi connectivity index (χ4v) is 9.83. The number of amides is 4. The Balaban J connectivity index is 0.000000375. The molecule has 8 rings (SSSR count). The molecular formula is C46H62N6O6S2. The van der Waals surface area contributed by atoms with Crippen LogP contribution in [0.1, 0.15) is 80.2 Å². The van der Waals surface area contributed by atoms with Crippen LogP contribution >= 0.6 is 22.7 Å². The van der Waals surface area contributed by atoms with Gasteiger partial charge in [-0.2, -0.15) is 0 Å². The first-order chi connectivity index (χ1) is 28.0. The Kier molecular flexibility index (Phi) is 17.3. The molecule has 0 unspecified atom stereocenters. The van der Waals surface area contributed by atoms with Crippen molar-refractivity contribution in [1.29, 1.82) is 0 Å². The zero-order valence-electron chi connectivity index (χ0n) is 34.2. The van der Waals surface area contributed by atoms with E-state index in [0.717, 1.165) is 62.1 Å². The van der Waals surface area contributed by atoms with Gasteiger partial charge in [0.05, 0.1) is 25.9 Å². The van der Waals surface area contributed by atoms with Crippen LogP contribution in [0.4, 0.5) is 15.3 Å². The molecule has 0 bridgehead atoms. The maximum Gasteiger partial charge on any atom is 0.407 e. The molecule has 2 fully saturated rings. The molecule has 2 atom stereocenters. The number of nitrogens with one attached hydrogen (secondary N) is 3. The molecule has 0 aliphatic carbocycles. The van der Waals surface area contributed by atoms with Crippen molar-refractivity contribution in [1.82, 2.24) is 25.4 Å². The number of methoxy groups -OCH3 is 2. The number of nitrogens with zero attached hydrogens (tertiary/aromatic N) is 3. The molecule has 5 aromatic rings. The second kappa shape index (κ2) is 21.9. The molecule has 3 aliphatic heterocycles. The predicted octanol–water partition coefficient (Wildman–Crippen LogP) is 10.4. The Morgan fingerprint density at radius 3 is 2.12 bits per heavy atom. The number of rotatable bonds is 8. The lowest BCUT2D eigenvalue weighted by Crippen LogP contribution is -2.53. The van der Waals surface area contributed by atoms with Gasteiger partial charge in [0, 0.05) is 62.6 Å². The fourth-order valence-electron chi connectivity index (χ4n) is 7.45. The molecule has 2 saturated heterocycles. The molecule has 3 aliphatic rings. The normalized spacial score (nSPS) is 15.7. The van der Waals surface area contributed by atoms with Gasteiger partial charge in [-0.25, -0.2) is 9.59 Å². The first-order valence-corrected chi connectivity index (χ1v) is 21.7. The van der Waals surface area contributed by atoms with Gasteiger partial charge in [-0.3, -0.25) is 14.6 Å². The third kappa shape index (κ3) is 11.1. The molecule has 6 heterocycles. The average Bonchev–Trinajstić information content (AvgIpc) is 4.08. The summed E-state index contributed by atoms with van der Waals surface area (Å²) in [6.07, 6.45) is 6.75. The molecule has 2 aromatic carbocycles. The van der Waals surface area contributed by atoms with Gasteiger partial charge in [-0.05, 0) is 90.1 Å². The van der Waals surface area contributed by atoms with Crippen LogP contribution in [0.2, 0.25) is 0 Å². The van der Waals surface area contributed by atoms with Crippen LogP contribution in [0, 0.1) is 5.92 Å². The monoisotopic (exact) mass is 858 g/mol. The summed E-state index contributed by atoms with van der Waals surface area (Å²) >= 11 is 3.66. The minimum absolute atomic E-state index is 0. The van der Waals surface area contributed by atoms with Crippen LogP contribution in [-0.4, -0.2) is 97.0 Å². The summed E-state index contributed by atoms with van der Waals surface area (Å²) in [5.74, 6) is -0.159. The van der Waals surface area contributed by atoms with Crippen molar-refractivity contribution in [2.75, 3.05) is 40.4 Å². The van der Waals surface area contributed by atoms with Crippen molar-refractivity contribution in [3.05, 3.63) is 66.4 Å². The van der Waals surface area contributed by atoms with Crippen LogP contribution in [0.25, 0.3) is 41.2 Å². The van der Waals surface area contributed by atoms with E-state index >= 15 is 0 Å². The van der Waals surface area contributed by atoms with Crippen LogP contribution in [0.3, 0.4) is 0 Å². The standard InChI is InChI=1S/C33H32N4O3S2.C8H14N2O3.C3H8.2CH4/c1-18(2)31(36-33(39)40-3)32(38)37-12-4-5-26(37)25-15-22-13-20(8-9-23(22)35-25)27-16-29-30(41-27)17-28(42-29)21-7-6-19-10-11-34-24(19)14-21;1-13-8(12)9-6-7(11)10-4-2-3-5-10;1-3-2;;/h6-11,13-14,16-18,26,31,34H,4-5,12,15H2,1-3H3,(H,36,39);2-6H2,1H3,(H,9,12);3H2,1-2H3;2*1H4/t26-,31-;;;;/m0..../s1. The number of aromatic amines is 1. The van der Waals surface area contributed by atoms with E-state index < -0.39 is 18.2 Å². The lowest BCUT2D eigenvalue weighted by atomic mass is 9.99. The summed E-state index contributed by atoms with van der Waals surface area (Å²) in [6, 6.07) is 19.1. The number of fused-ring (bicyclic) bond motifs is 3. The number of carbonyl (C=O) groups excluding carboxylic acids is 4. The van der Waals surface area contributed by atoms with Gasteiger partial charge < -0.3 is 34.9 Å². The zero-order valence-corrected chi connectivity index (χ0v) is 35.8. The van der Waals surface area contributed by atoms with Gasteiger partial charge in [0.25, 0.3) is 0 Å². The SMILES string of the molecule is C.C.CCC.COC(=O)NCC(=O)N1CCCC1.COC(=O)N[C@H](C(=O)N1CCC[C@H]1C1=Nc2ccc(-c3cc4sc(-c5ccc6cc[nH]c6c5)cc4s3)cc2C1)C(C)C. The highest BCUT2D eigenvalue weighted by Crippen LogP contribution is 2.43. The van der Waals surface area contributed by atoms with E-state index in [1.165, 1.54) is 61.9 Å². The summed E-state index contributed by atoms with van der Waals surface area (Å²) in [7, 11) is 2.59. The van der Waals surface area contributed by atoms with Gasteiger partial charge in [0.15, 0.2) is 0 Å². The molecule has 3 N–H and O–H groups in total. The Bertz CT molecular complexity index is 2240. The number of thiophene rings is 2. The molecule has 60 heavy (non-hydrogen) atoms. The summed E-state index contributed by atoms with van der Waals surface area (Å²) in [5, 5.41) is 6.32. The summed E-state index contributed by atoms with van der Waals surface area (Å²) < 4.78 is 11.7. The maximum absolute atomic E-state index is 13.5. The van der Waals surface area contributed by atoms with E-state index in [0.29, 0.717) is 6.54 Å². The predicted molar refractivity (Wildman–Crippen MR) is 248 cm³/mol. The number of likely N-dealkylation sites (tertiary alicyclic amines) is 2. The van der Waals surface area contributed by atoms with Gasteiger partial charge in [-0.15, -0.1) is 22.7 Å². The topological polar surface area (TPSA) is 145 Å². The summed E-state index contributed by atoms with van der Waals surface area (Å²) in [4.78, 5) is 61.9. The van der Waals surface area contributed by atoms with Crippen molar-refractivity contribution in [3.8, 4) is 20.9 Å². The lowest BCUT2D eigenvalue weighted by Gasteiger charge is -2.30. The van der Waals surface area contributed by atoms with E-state index in [2.05, 4.69) is 88.8 Å². The van der Waals surface area contributed by atoms with E-state index in [1.807, 2.05) is 47.6 Å². The average molecular weight is 859 g/mol. The third-order valence-corrected chi connectivity index (χ3v) is 12.8. The van der Waals surface area contributed by atoms with Gasteiger partial charge in [0.2, 0.25) is 11.8 Å². The number of alkyl carbamates (subject to hydrolysis) is 2. The van der Waals surface area contributed by atoms with Crippen LogP contribution in [0.15, 0.2) is 65.8 Å². The Morgan fingerprint density at radius 1 is 0.850 bits per heavy atom. The number of hydrogen-bond acceptors (Lipinski definition) is 9. The molecule has 12 nitrogen and oxygen atoms in total. The number of aliphatic imine (C=N–C) groups is 1. The zero-order chi connectivity index (χ0) is 41.3. The quantitative estimate of drug-likeness (QED) is 0.142. The van der Waals surface area contributed by atoms with Gasteiger partial charge >= 0.3 is 12.2 Å². The second-order valence-corrected chi connectivity index (χ2v) is 17.2. The fraction of sp³-hybridized carbons (Fsp3) is 0.457. The number of carbonyl (C=O) groups is 4. The van der Waals surface area contributed by atoms with Crippen molar-refractivity contribution in [2.24, 2.45) is 10.9 Å². The van der Waals surface area contributed by atoms with E-state index in [9.17, 15) is 19.2 Å². The number of benzene rings is 2. The molecule has 324 valence electrons. The minimum Gasteiger partial charge on any atom is -0.453 e. The number of ether oxygens (including phenoxy) is 2. The Hall–Kier alpha value is -5.21. The Morgan fingerprint density at radius 2 is 1.48 bits per heavy atom. The van der Waals surface area contributed by atoms with Crippen molar-refractivity contribution in [2.45, 2.75) is 93.2 Å². The molecule has 0 radical (unpaired) electrons. The molecule has 0 spiro atoms. The van der Waals surface area contributed by atoms with Gasteiger partial charge in [-0.1, -0.05) is 67.2 Å². The number of H-pyrrole nitrogens is 1.